The van der Waals surface area contributed by atoms with Gasteiger partial charge in [0, 0.05) is 23.7 Å². The summed E-state index contributed by atoms with van der Waals surface area (Å²) in [4.78, 5) is 13.4. The number of nitrogens with one attached hydrogen (secondary N) is 1. The van der Waals surface area contributed by atoms with Gasteiger partial charge in [0.15, 0.2) is 0 Å². The molecule has 0 aliphatic heterocycles. The summed E-state index contributed by atoms with van der Waals surface area (Å²) in [6.07, 6.45) is 1.89. The molecule has 3 N–H and O–H groups in total. The first-order chi connectivity index (χ1) is 13.1. The molecule has 1 atom stereocenters. The van der Waals surface area contributed by atoms with E-state index in [0.717, 1.165) is 23.2 Å². The van der Waals surface area contributed by atoms with E-state index in [4.69, 9.17) is 5.73 Å². The van der Waals surface area contributed by atoms with Crippen LogP contribution in [-0.2, 0) is 17.8 Å². The SMILES string of the molecule is CC(N)CCC(=O)Nc1ccc(CCn2nnc(-c3ccccc3)n2)cc1.Cl. The van der Waals surface area contributed by atoms with Crippen LogP contribution < -0.4 is 11.1 Å². The average Bonchev–Trinajstić information content (AvgIpc) is 3.16. The molecule has 0 spiro atoms. The molecule has 0 bridgehead atoms. The quantitative estimate of drug-likeness (QED) is 0.605. The van der Waals surface area contributed by atoms with Gasteiger partial charge < -0.3 is 11.1 Å². The molecular weight excluding hydrogens is 376 g/mol. The van der Waals surface area contributed by atoms with Crippen molar-refractivity contribution in [1.82, 2.24) is 20.2 Å². The predicted molar refractivity (Wildman–Crippen MR) is 112 cm³/mol. The third-order valence-electron chi connectivity index (χ3n) is 4.15. The topological polar surface area (TPSA) is 98.7 Å². The smallest absolute Gasteiger partial charge is 0.224 e. The number of aromatic nitrogens is 4. The summed E-state index contributed by atoms with van der Waals surface area (Å²) in [6.45, 7) is 2.54. The number of halogens is 1. The second-order valence-corrected chi connectivity index (χ2v) is 6.59. The molecule has 0 fully saturated rings. The molecule has 0 saturated carbocycles. The number of carbonyl (C=O) groups excluding carboxylic acids is 1. The summed E-state index contributed by atoms with van der Waals surface area (Å²) < 4.78 is 0. The third-order valence-corrected chi connectivity index (χ3v) is 4.15. The molecule has 0 aliphatic carbocycles. The van der Waals surface area contributed by atoms with Crippen molar-refractivity contribution in [1.29, 1.82) is 0 Å². The first kappa shape index (κ1) is 21.5. The number of aryl methyl sites for hydroxylation is 2. The van der Waals surface area contributed by atoms with E-state index in [-0.39, 0.29) is 24.4 Å². The van der Waals surface area contributed by atoms with Crippen molar-refractivity contribution in [3.8, 4) is 11.4 Å². The lowest BCUT2D eigenvalue weighted by molar-refractivity contribution is -0.116. The first-order valence-corrected chi connectivity index (χ1v) is 9.08. The lowest BCUT2D eigenvalue weighted by Crippen LogP contribution is -2.19. The predicted octanol–water partition coefficient (Wildman–Crippen LogP) is 3.07. The van der Waals surface area contributed by atoms with E-state index in [1.807, 2.05) is 61.5 Å². The Morgan fingerprint density at radius 3 is 2.54 bits per heavy atom. The summed E-state index contributed by atoms with van der Waals surface area (Å²) in [5.41, 5.74) is 8.56. The van der Waals surface area contributed by atoms with Gasteiger partial charge in [-0.1, -0.05) is 42.5 Å². The summed E-state index contributed by atoms with van der Waals surface area (Å²) in [5, 5.41) is 15.5. The number of rotatable bonds is 8. The monoisotopic (exact) mass is 400 g/mol. The van der Waals surface area contributed by atoms with E-state index in [0.29, 0.717) is 25.2 Å². The van der Waals surface area contributed by atoms with Gasteiger partial charge in [0.25, 0.3) is 0 Å². The van der Waals surface area contributed by atoms with E-state index < -0.39 is 0 Å². The lowest BCUT2D eigenvalue weighted by Gasteiger charge is -2.08. The van der Waals surface area contributed by atoms with Crippen LogP contribution in [0, 0.1) is 0 Å². The molecule has 3 aromatic rings. The number of anilines is 1. The minimum Gasteiger partial charge on any atom is -0.328 e. The van der Waals surface area contributed by atoms with E-state index >= 15 is 0 Å². The van der Waals surface area contributed by atoms with Crippen LogP contribution in [0.3, 0.4) is 0 Å². The Labute approximate surface area is 170 Å². The van der Waals surface area contributed by atoms with Crippen molar-refractivity contribution in [3.63, 3.8) is 0 Å². The number of benzene rings is 2. The first-order valence-electron chi connectivity index (χ1n) is 9.08. The highest BCUT2D eigenvalue weighted by Gasteiger charge is 2.06. The minimum atomic E-state index is -0.0136. The van der Waals surface area contributed by atoms with Crippen molar-refractivity contribution in [3.05, 3.63) is 60.2 Å². The number of nitrogens with two attached hydrogens (primary N) is 1. The second-order valence-electron chi connectivity index (χ2n) is 6.59. The van der Waals surface area contributed by atoms with Crippen molar-refractivity contribution in [2.75, 3.05) is 5.32 Å². The van der Waals surface area contributed by atoms with E-state index in [1.54, 1.807) is 4.80 Å². The molecule has 1 heterocycles. The number of amides is 1. The fourth-order valence-corrected chi connectivity index (χ4v) is 2.61. The van der Waals surface area contributed by atoms with Gasteiger partial charge >= 0.3 is 0 Å². The summed E-state index contributed by atoms with van der Waals surface area (Å²) in [5.74, 6) is 0.612. The minimum absolute atomic E-state index is 0. The van der Waals surface area contributed by atoms with E-state index in [9.17, 15) is 4.79 Å². The molecule has 1 aromatic heterocycles. The Bertz CT molecular complexity index is 864. The van der Waals surface area contributed by atoms with Crippen molar-refractivity contribution >= 4 is 24.0 Å². The van der Waals surface area contributed by atoms with Crippen LogP contribution in [0.1, 0.15) is 25.3 Å². The van der Waals surface area contributed by atoms with Crippen molar-refractivity contribution < 1.29 is 4.79 Å². The number of nitrogens with zero attached hydrogens (tertiary/aromatic N) is 4. The highest BCUT2D eigenvalue weighted by atomic mass is 35.5. The molecule has 2 aromatic carbocycles. The molecule has 0 radical (unpaired) electrons. The molecule has 0 saturated heterocycles. The van der Waals surface area contributed by atoms with Crippen LogP contribution in [-0.4, -0.2) is 32.2 Å². The van der Waals surface area contributed by atoms with Gasteiger partial charge in [-0.2, -0.15) is 4.80 Å². The Kier molecular flexibility index (Phi) is 8.10. The van der Waals surface area contributed by atoms with Gasteiger partial charge in [0.1, 0.15) is 0 Å². The van der Waals surface area contributed by atoms with Gasteiger partial charge in [0.2, 0.25) is 11.7 Å². The highest BCUT2D eigenvalue weighted by Crippen LogP contribution is 2.13. The molecule has 1 amide bonds. The van der Waals surface area contributed by atoms with E-state index in [1.165, 1.54) is 0 Å². The maximum atomic E-state index is 11.8. The summed E-state index contributed by atoms with van der Waals surface area (Å²) in [7, 11) is 0. The molecule has 8 heteroatoms. The largest absolute Gasteiger partial charge is 0.328 e. The highest BCUT2D eigenvalue weighted by molar-refractivity contribution is 5.90. The molecule has 148 valence electrons. The molecule has 1 unspecified atom stereocenters. The summed E-state index contributed by atoms with van der Waals surface area (Å²) >= 11 is 0. The third kappa shape index (κ3) is 6.44. The van der Waals surface area contributed by atoms with Gasteiger partial charge in [-0.15, -0.1) is 22.6 Å². The standard InChI is InChI=1S/C20H24N6O.ClH/c1-15(21)7-12-19(27)22-18-10-8-16(9-11-18)13-14-26-24-20(23-25-26)17-5-3-2-4-6-17;/h2-6,8-11,15H,7,12-14,21H2,1H3,(H,22,27);1H. The van der Waals surface area contributed by atoms with Gasteiger partial charge in [-0.05, 0) is 42.7 Å². The number of hydrogen-bond acceptors (Lipinski definition) is 5. The second kappa shape index (κ2) is 10.5. The van der Waals surface area contributed by atoms with E-state index in [2.05, 4.69) is 20.7 Å². The molecule has 7 nitrogen and oxygen atoms in total. The van der Waals surface area contributed by atoms with Crippen LogP contribution in [0.2, 0.25) is 0 Å². The Morgan fingerprint density at radius 1 is 1.14 bits per heavy atom. The number of carbonyl (C=O) groups is 1. The zero-order chi connectivity index (χ0) is 19.1. The fourth-order valence-electron chi connectivity index (χ4n) is 2.61. The van der Waals surface area contributed by atoms with Gasteiger partial charge in [0.05, 0.1) is 6.54 Å². The van der Waals surface area contributed by atoms with Crippen LogP contribution in [0.25, 0.3) is 11.4 Å². The Balaban J connectivity index is 0.00000280. The molecule has 0 aliphatic rings. The Morgan fingerprint density at radius 2 is 1.86 bits per heavy atom. The number of hydrogen-bond donors (Lipinski definition) is 2. The normalized spacial score (nSPS) is 11.5. The maximum Gasteiger partial charge on any atom is 0.224 e. The summed E-state index contributed by atoms with van der Waals surface area (Å²) in [6, 6.07) is 17.6. The molecule has 3 rings (SSSR count). The number of tetrazole rings is 1. The maximum absolute atomic E-state index is 11.8. The molecule has 28 heavy (non-hydrogen) atoms. The average molecular weight is 401 g/mol. The van der Waals surface area contributed by atoms with Gasteiger partial charge in [-0.25, -0.2) is 0 Å². The van der Waals surface area contributed by atoms with Crippen LogP contribution in [0.15, 0.2) is 54.6 Å². The Hall–Kier alpha value is -2.77. The van der Waals surface area contributed by atoms with Crippen LogP contribution in [0.4, 0.5) is 5.69 Å². The zero-order valence-electron chi connectivity index (χ0n) is 15.8. The van der Waals surface area contributed by atoms with Crippen molar-refractivity contribution in [2.24, 2.45) is 5.73 Å². The van der Waals surface area contributed by atoms with Gasteiger partial charge in [-0.3, -0.25) is 4.79 Å². The lowest BCUT2D eigenvalue weighted by atomic mass is 10.1. The van der Waals surface area contributed by atoms with Crippen LogP contribution >= 0.6 is 12.4 Å². The van der Waals surface area contributed by atoms with Crippen LogP contribution in [0.5, 0.6) is 0 Å². The zero-order valence-corrected chi connectivity index (χ0v) is 16.6. The van der Waals surface area contributed by atoms with Crippen molar-refractivity contribution in [2.45, 2.75) is 38.8 Å². The fraction of sp³-hybridized carbons (Fsp3) is 0.300. The molecular formula is C20H25ClN6O.